The molecule has 0 saturated heterocycles. The summed E-state index contributed by atoms with van der Waals surface area (Å²) in [6.07, 6.45) is 0. The fourth-order valence-electron chi connectivity index (χ4n) is 1.58. The molecule has 2 aromatic heterocycles. The molecule has 0 aliphatic heterocycles. The molecule has 0 fully saturated rings. The molecular formula is C12H11N3OS2. The van der Waals surface area contributed by atoms with Gasteiger partial charge in [-0.05, 0) is 25.1 Å². The van der Waals surface area contributed by atoms with Gasteiger partial charge in [0.1, 0.15) is 10.5 Å². The Hall–Kier alpha value is -1.53. The number of anilines is 1. The van der Waals surface area contributed by atoms with Crippen molar-refractivity contribution in [1.82, 2.24) is 9.97 Å². The molecular weight excluding hydrogens is 266 g/mol. The first-order valence-corrected chi connectivity index (χ1v) is 7.27. The Bertz CT molecular complexity index is 690. The van der Waals surface area contributed by atoms with Crippen LogP contribution in [0.5, 0.6) is 0 Å². The Morgan fingerprint density at radius 2 is 2.28 bits per heavy atom. The van der Waals surface area contributed by atoms with Crippen molar-refractivity contribution in [3.8, 4) is 0 Å². The normalized spacial score (nSPS) is 11.2. The van der Waals surface area contributed by atoms with Crippen molar-refractivity contribution < 1.29 is 4.42 Å². The molecule has 1 aromatic carbocycles. The molecule has 3 rings (SSSR count). The van der Waals surface area contributed by atoms with E-state index in [1.165, 1.54) is 0 Å². The summed E-state index contributed by atoms with van der Waals surface area (Å²) in [6.45, 7) is 1.99. The van der Waals surface area contributed by atoms with Crippen LogP contribution in [0, 0.1) is 6.92 Å². The van der Waals surface area contributed by atoms with Crippen molar-refractivity contribution in [1.29, 1.82) is 0 Å². The summed E-state index contributed by atoms with van der Waals surface area (Å²) in [4.78, 5) is 8.79. The van der Waals surface area contributed by atoms with Gasteiger partial charge in [-0.1, -0.05) is 11.8 Å². The summed E-state index contributed by atoms with van der Waals surface area (Å²) in [5.41, 5.74) is 9.02. The number of hydrogen-bond donors (Lipinski definition) is 1. The van der Waals surface area contributed by atoms with E-state index in [9.17, 15) is 0 Å². The zero-order valence-corrected chi connectivity index (χ0v) is 11.3. The summed E-state index contributed by atoms with van der Waals surface area (Å²) in [5.74, 6) is 0.779. The maximum Gasteiger partial charge on any atom is 0.257 e. The predicted octanol–water partition coefficient (Wildman–Crippen LogP) is 3.47. The minimum absolute atomic E-state index is 0.656. The number of fused-ring (bicyclic) bond motifs is 1. The zero-order chi connectivity index (χ0) is 12.5. The molecule has 0 saturated carbocycles. The van der Waals surface area contributed by atoms with Crippen molar-refractivity contribution in [3.63, 3.8) is 0 Å². The van der Waals surface area contributed by atoms with Crippen molar-refractivity contribution in [3.05, 3.63) is 34.3 Å². The van der Waals surface area contributed by atoms with Gasteiger partial charge in [-0.2, -0.15) is 0 Å². The minimum Gasteiger partial charge on any atom is -0.431 e. The number of benzene rings is 1. The Morgan fingerprint density at radius 3 is 3.06 bits per heavy atom. The third-order valence-corrected chi connectivity index (χ3v) is 4.37. The number of rotatable bonds is 3. The van der Waals surface area contributed by atoms with Gasteiger partial charge in [0.25, 0.3) is 5.22 Å². The molecule has 18 heavy (non-hydrogen) atoms. The van der Waals surface area contributed by atoms with Crippen LogP contribution in [0.1, 0.15) is 10.7 Å². The Labute approximate surface area is 112 Å². The highest BCUT2D eigenvalue weighted by atomic mass is 32.2. The fourth-order valence-corrected chi connectivity index (χ4v) is 3.21. The van der Waals surface area contributed by atoms with Crippen molar-refractivity contribution in [2.45, 2.75) is 17.9 Å². The summed E-state index contributed by atoms with van der Waals surface area (Å²) in [6, 6.07) is 5.47. The minimum atomic E-state index is 0.656. The molecule has 92 valence electrons. The number of nitrogens with zero attached hydrogens (tertiary/aromatic N) is 2. The van der Waals surface area contributed by atoms with Crippen LogP contribution >= 0.6 is 23.1 Å². The number of oxazole rings is 1. The van der Waals surface area contributed by atoms with Crippen LogP contribution in [0.2, 0.25) is 0 Å². The molecule has 2 N–H and O–H groups in total. The molecule has 4 nitrogen and oxygen atoms in total. The first-order chi connectivity index (χ1) is 8.70. The maximum absolute atomic E-state index is 5.70. The van der Waals surface area contributed by atoms with Crippen molar-refractivity contribution in [2.24, 2.45) is 0 Å². The summed E-state index contributed by atoms with van der Waals surface area (Å²) in [7, 11) is 0. The molecule has 0 aliphatic carbocycles. The van der Waals surface area contributed by atoms with E-state index in [0.29, 0.717) is 10.9 Å². The standard InChI is InChI=1S/C12H11N3OS2/c1-7-5-17-11(14-7)6-18-12-15-9-4-8(13)2-3-10(9)16-12/h2-5H,6,13H2,1H3. The largest absolute Gasteiger partial charge is 0.431 e. The second kappa shape index (κ2) is 4.62. The van der Waals surface area contributed by atoms with E-state index in [1.54, 1.807) is 23.1 Å². The topological polar surface area (TPSA) is 64.9 Å². The second-order valence-electron chi connectivity index (χ2n) is 3.88. The zero-order valence-electron chi connectivity index (χ0n) is 9.71. The van der Waals surface area contributed by atoms with Crippen LogP contribution in [0.4, 0.5) is 5.69 Å². The molecule has 0 radical (unpaired) electrons. The van der Waals surface area contributed by atoms with Gasteiger partial charge in [0.2, 0.25) is 0 Å². The predicted molar refractivity (Wildman–Crippen MR) is 74.8 cm³/mol. The first-order valence-electron chi connectivity index (χ1n) is 5.40. The highest BCUT2D eigenvalue weighted by molar-refractivity contribution is 7.98. The van der Waals surface area contributed by atoms with E-state index >= 15 is 0 Å². The number of nitrogen functional groups attached to an aromatic ring is 1. The lowest BCUT2D eigenvalue weighted by Crippen LogP contribution is -1.82. The molecule has 0 unspecified atom stereocenters. The average Bonchev–Trinajstić information content (AvgIpc) is 2.92. The fraction of sp³-hybridized carbons (Fsp3) is 0.167. The van der Waals surface area contributed by atoms with Gasteiger partial charge >= 0.3 is 0 Å². The molecule has 0 spiro atoms. The van der Waals surface area contributed by atoms with Gasteiger partial charge in [0.15, 0.2) is 5.58 Å². The van der Waals surface area contributed by atoms with Gasteiger partial charge in [-0.25, -0.2) is 9.97 Å². The summed E-state index contributed by atoms with van der Waals surface area (Å²) < 4.78 is 5.62. The van der Waals surface area contributed by atoms with Gasteiger partial charge in [0, 0.05) is 16.8 Å². The lowest BCUT2D eigenvalue weighted by Gasteiger charge is -1.91. The summed E-state index contributed by atoms with van der Waals surface area (Å²) in [5, 5.41) is 3.78. The van der Waals surface area contributed by atoms with Crippen LogP contribution in [-0.2, 0) is 5.75 Å². The van der Waals surface area contributed by atoms with E-state index in [0.717, 1.165) is 27.6 Å². The lowest BCUT2D eigenvalue weighted by atomic mass is 10.3. The Morgan fingerprint density at radius 1 is 1.39 bits per heavy atom. The maximum atomic E-state index is 5.70. The summed E-state index contributed by atoms with van der Waals surface area (Å²) >= 11 is 3.20. The molecule has 3 aromatic rings. The monoisotopic (exact) mass is 277 g/mol. The number of thiazole rings is 1. The van der Waals surface area contributed by atoms with Crippen LogP contribution in [0.3, 0.4) is 0 Å². The van der Waals surface area contributed by atoms with E-state index < -0.39 is 0 Å². The highest BCUT2D eigenvalue weighted by Gasteiger charge is 2.08. The molecule has 6 heteroatoms. The van der Waals surface area contributed by atoms with E-state index in [2.05, 4.69) is 9.97 Å². The first kappa shape index (κ1) is 11.6. The van der Waals surface area contributed by atoms with E-state index in [1.807, 2.05) is 30.5 Å². The van der Waals surface area contributed by atoms with Gasteiger partial charge < -0.3 is 10.2 Å². The molecule has 0 amide bonds. The third-order valence-electron chi connectivity index (χ3n) is 2.38. The lowest BCUT2D eigenvalue weighted by molar-refractivity contribution is 0.489. The van der Waals surface area contributed by atoms with E-state index in [-0.39, 0.29) is 0 Å². The quantitative estimate of drug-likeness (QED) is 0.586. The van der Waals surface area contributed by atoms with Crippen molar-refractivity contribution >= 4 is 39.9 Å². The van der Waals surface area contributed by atoms with Gasteiger partial charge in [-0.3, -0.25) is 0 Å². The third kappa shape index (κ3) is 2.34. The molecule has 0 bridgehead atoms. The molecule has 0 aliphatic rings. The number of nitrogens with two attached hydrogens (primary N) is 1. The van der Waals surface area contributed by atoms with Crippen LogP contribution in [-0.4, -0.2) is 9.97 Å². The van der Waals surface area contributed by atoms with Crippen molar-refractivity contribution in [2.75, 3.05) is 5.73 Å². The van der Waals surface area contributed by atoms with Crippen LogP contribution in [0.25, 0.3) is 11.1 Å². The number of aryl methyl sites for hydroxylation is 1. The number of thioether (sulfide) groups is 1. The number of aromatic nitrogens is 2. The van der Waals surface area contributed by atoms with Gasteiger partial charge in [-0.15, -0.1) is 11.3 Å². The number of hydrogen-bond acceptors (Lipinski definition) is 6. The molecule has 2 heterocycles. The average molecular weight is 277 g/mol. The highest BCUT2D eigenvalue weighted by Crippen LogP contribution is 2.27. The SMILES string of the molecule is Cc1csc(CSc2nc3cc(N)ccc3o2)n1. The Kier molecular flexibility index (Phi) is 2.97. The molecule has 0 atom stereocenters. The second-order valence-corrected chi connectivity index (χ2v) is 5.75. The van der Waals surface area contributed by atoms with Crippen LogP contribution < -0.4 is 5.73 Å². The van der Waals surface area contributed by atoms with Gasteiger partial charge in [0.05, 0.1) is 5.75 Å². The smallest absolute Gasteiger partial charge is 0.257 e. The van der Waals surface area contributed by atoms with Crippen LogP contribution in [0.15, 0.2) is 33.2 Å². The van der Waals surface area contributed by atoms with E-state index in [4.69, 9.17) is 10.2 Å². The Balaban J connectivity index is 1.78.